The van der Waals surface area contributed by atoms with Crippen LogP contribution in [0.3, 0.4) is 0 Å². The third-order valence-electron chi connectivity index (χ3n) is 2.99. The van der Waals surface area contributed by atoms with E-state index >= 15 is 0 Å². The Kier molecular flexibility index (Phi) is 3.40. The summed E-state index contributed by atoms with van der Waals surface area (Å²) in [4.78, 5) is 11.6. The summed E-state index contributed by atoms with van der Waals surface area (Å²) in [6.45, 7) is 1.94. The van der Waals surface area contributed by atoms with Gasteiger partial charge in [0.2, 0.25) is 5.91 Å². The molecular formula is C12H11BrF3NO. The van der Waals surface area contributed by atoms with Gasteiger partial charge in [0.05, 0.1) is 5.56 Å². The third kappa shape index (κ3) is 2.85. The number of carbonyl (C=O) groups excluding carboxylic acids is 1. The summed E-state index contributed by atoms with van der Waals surface area (Å²) in [5.41, 5.74) is -0.612. The molecule has 1 fully saturated rings. The summed E-state index contributed by atoms with van der Waals surface area (Å²) in [6.07, 6.45) is -3.64. The Morgan fingerprint density at radius 3 is 2.56 bits per heavy atom. The quantitative estimate of drug-likeness (QED) is 0.874. The first-order chi connectivity index (χ1) is 8.29. The number of hydrogen-bond donors (Lipinski definition) is 1. The van der Waals surface area contributed by atoms with Crippen LogP contribution in [0.15, 0.2) is 22.7 Å². The van der Waals surface area contributed by atoms with Gasteiger partial charge < -0.3 is 5.32 Å². The highest BCUT2D eigenvalue weighted by molar-refractivity contribution is 9.10. The second-order valence-electron chi connectivity index (χ2n) is 4.50. The van der Waals surface area contributed by atoms with Gasteiger partial charge in [-0.25, -0.2) is 0 Å². The van der Waals surface area contributed by atoms with E-state index in [1.807, 2.05) is 6.92 Å². The lowest BCUT2D eigenvalue weighted by Gasteiger charge is -2.11. The van der Waals surface area contributed by atoms with E-state index in [9.17, 15) is 18.0 Å². The highest BCUT2D eigenvalue weighted by Crippen LogP contribution is 2.39. The molecule has 0 saturated heterocycles. The number of anilines is 1. The summed E-state index contributed by atoms with van der Waals surface area (Å²) in [7, 11) is 0. The average molecular weight is 322 g/mol. The number of carbonyl (C=O) groups is 1. The van der Waals surface area contributed by atoms with Crippen molar-refractivity contribution in [1.82, 2.24) is 0 Å². The Balaban J connectivity index is 2.17. The van der Waals surface area contributed by atoms with Gasteiger partial charge in [0.25, 0.3) is 0 Å². The predicted molar refractivity (Wildman–Crippen MR) is 65.0 cm³/mol. The van der Waals surface area contributed by atoms with Crippen LogP contribution >= 0.6 is 15.9 Å². The van der Waals surface area contributed by atoms with Crippen LogP contribution in [0.25, 0.3) is 0 Å². The van der Waals surface area contributed by atoms with E-state index in [4.69, 9.17) is 0 Å². The Bertz CT molecular complexity index is 487. The van der Waals surface area contributed by atoms with Crippen molar-refractivity contribution in [3.05, 3.63) is 28.2 Å². The van der Waals surface area contributed by atoms with Crippen LogP contribution in [0.2, 0.25) is 0 Å². The number of alkyl halides is 3. The van der Waals surface area contributed by atoms with E-state index in [2.05, 4.69) is 21.2 Å². The summed E-state index contributed by atoms with van der Waals surface area (Å²) in [5.74, 6) is 0.0449. The van der Waals surface area contributed by atoms with Gasteiger partial charge in [-0.15, -0.1) is 0 Å². The molecule has 0 unspecified atom stereocenters. The van der Waals surface area contributed by atoms with Crippen molar-refractivity contribution >= 4 is 27.5 Å². The Labute approximate surface area is 111 Å². The van der Waals surface area contributed by atoms with Crippen LogP contribution in [0, 0.1) is 11.8 Å². The van der Waals surface area contributed by atoms with E-state index in [0.717, 1.165) is 12.5 Å². The molecule has 0 aliphatic heterocycles. The number of halogens is 4. The molecule has 1 amide bonds. The Morgan fingerprint density at radius 2 is 2.06 bits per heavy atom. The van der Waals surface area contributed by atoms with Gasteiger partial charge in [0.1, 0.15) is 0 Å². The van der Waals surface area contributed by atoms with Crippen molar-refractivity contribution in [2.45, 2.75) is 19.5 Å². The molecular weight excluding hydrogens is 311 g/mol. The van der Waals surface area contributed by atoms with Gasteiger partial charge in [-0.3, -0.25) is 4.79 Å². The van der Waals surface area contributed by atoms with E-state index in [1.54, 1.807) is 0 Å². The van der Waals surface area contributed by atoms with Crippen LogP contribution in [-0.2, 0) is 11.0 Å². The third-order valence-corrected chi connectivity index (χ3v) is 3.68. The monoisotopic (exact) mass is 321 g/mol. The molecule has 1 aromatic carbocycles. The molecule has 1 aliphatic rings. The molecule has 0 heterocycles. The standard InChI is InChI=1S/C12H11BrF3NO/c1-6-4-8(6)11(18)17-7-2-3-10(13)9(5-7)12(14,15)16/h2-3,5-6,8H,4H2,1H3,(H,17,18)/t6-,8-/m1/s1. The van der Waals surface area contributed by atoms with Crippen LogP contribution in [0.1, 0.15) is 18.9 Å². The maximum atomic E-state index is 12.7. The van der Waals surface area contributed by atoms with Crippen molar-refractivity contribution in [1.29, 1.82) is 0 Å². The minimum absolute atomic E-state index is 0.0345. The number of nitrogens with one attached hydrogen (secondary N) is 1. The van der Waals surface area contributed by atoms with E-state index in [0.29, 0.717) is 5.92 Å². The highest BCUT2D eigenvalue weighted by Gasteiger charge is 2.39. The molecule has 0 bridgehead atoms. The van der Waals surface area contributed by atoms with Crippen molar-refractivity contribution in [3.63, 3.8) is 0 Å². The molecule has 1 aliphatic carbocycles. The molecule has 0 spiro atoms. The van der Waals surface area contributed by atoms with Crippen molar-refractivity contribution in [2.24, 2.45) is 11.8 Å². The van der Waals surface area contributed by atoms with Crippen LogP contribution < -0.4 is 5.32 Å². The molecule has 2 nitrogen and oxygen atoms in total. The second-order valence-corrected chi connectivity index (χ2v) is 5.36. The Morgan fingerprint density at radius 1 is 1.44 bits per heavy atom. The number of benzene rings is 1. The van der Waals surface area contributed by atoms with Gasteiger partial charge in [-0.1, -0.05) is 22.9 Å². The molecule has 0 radical (unpaired) electrons. The lowest BCUT2D eigenvalue weighted by Crippen LogP contribution is -2.15. The first-order valence-corrected chi connectivity index (χ1v) is 6.26. The van der Waals surface area contributed by atoms with E-state index in [1.165, 1.54) is 12.1 Å². The maximum Gasteiger partial charge on any atom is 0.417 e. The number of amides is 1. The lowest BCUT2D eigenvalue weighted by molar-refractivity contribution is -0.138. The van der Waals surface area contributed by atoms with Crippen LogP contribution in [-0.4, -0.2) is 5.91 Å². The fourth-order valence-corrected chi connectivity index (χ4v) is 2.21. The van der Waals surface area contributed by atoms with Gasteiger partial charge >= 0.3 is 6.18 Å². The van der Waals surface area contributed by atoms with Gasteiger partial charge in [0, 0.05) is 16.1 Å². The number of rotatable bonds is 2. The zero-order valence-corrected chi connectivity index (χ0v) is 11.1. The largest absolute Gasteiger partial charge is 0.417 e. The zero-order valence-electron chi connectivity index (χ0n) is 9.51. The average Bonchev–Trinajstić information content (AvgIpc) is 2.97. The summed E-state index contributed by atoms with van der Waals surface area (Å²) in [6, 6.07) is 3.67. The van der Waals surface area contributed by atoms with E-state index < -0.39 is 11.7 Å². The lowest BCUT2D eigenvalue weighted by atomic mass is 10.2. The molecule has 1 N–H and O–H groups in total. The summed E-state index contributed by atoms with van der Waals surface area (Å²) in [5, 5.41) is 2.51. The van der Waals surface area contributed by atoms with Crippen molar-refractivity contribution in [3.8, 4) is 0 Å². The molecule has 18 heavy (non-hydrogen) atoms. The van der Waals surface area contributed by atoms with E-state index in [-0.39, 0.29) is 22.0 Å². The predicted octanol–water partition coefficient (Wildman–Crippen LogP) is 4.06. The molecule has 2 atom stereocenters. The normalized spacial score (nSPS) is 22.7. The fourth-order valence-electron chi connectivity index (χ4n) is 1.74. The minimum atomic E-state index is -4.44. The summed E-state index contributed by atoms with van der Waals surface area (Å²) >= 11 is 2.85. The van der Waals surface area contributed by atoms with Crippen LogP contribution in [0.4, 0.5) is 18.9 Å². The zero-order chi connectivity index (χ0) is 13.5. The fraction of sp³-hybridized carbons (Fsp3) is 0.417. The minimum Gasteiger partial charge on any atom is -0.326 e. The van der Waals surface area contributed by atoms with Crippen molar-refractivity contribution < 1.29 is 18.0 Å². The second kappa shape index (κ2) is 4.57. The molecule has 2 rings (SSSR count). The van der Waals surface area contributed by atoms with Gasteiger partial charge in [0.15, 0.2) is 0 Å². The van der Waals surface area contributed by atoms with Crippen molar-refractivity contribution in [2.75, 3.05) is 5.32 Å². The molecule has 98 valence electrons. The Hall–Kier alpha value is -1.04. The molecule has 6 heteroatoms. The SMILES string of the molecule is C[C@@H]1C[C@H]1C(=O)Nc1ccc(Br)c(C(F)(F)F)c1. The first kappa shape index (κ1) is 13.4. The smallest absolute Gasteiger partial charge is 0.326 e. The number of hydrogen-bond acceptors (Lipinski definition) is 1. The summed E-state index contributed by atoms with van der Waals surface area (Å²) < 4.78 is 37.9. The highest BCUT2D eigenvalue weighted by atomic mass is 79.9. The molecule has 0 aromatic heterocycles. The topological polar surface area (TPSA) is 29.1 Å². The van der Waals surface area contributed by atoms with Crippen LogP contribution in [0.5, 0.6) is 0 Å². The van der Waals surface area contributed by atoms with Gasteiger partial charge in [-0.2, -0.15) is 13.2 Å². The first-order valence-electron chi connectivity index (χ1n) is 5.46. The molecule has 1 saturated carbocycles. The maximum absolute atomic E-state index is 12.7. The molecule has 1 aromatic rings. The van der Waals surface area contributed by atoms with Gasteiger partial charge in [-0.05, 0) is 30.5 Å².